The van der Waals surface area contributed by atoms with Crippen molar-refractivity contribution in [2.45, 2.75) is 0 Å². The number of nitrogens with zero attached hydrogens (tertiary/aromatic N) is 1. The number of urea groups is 1. The van der Waals surface area contributed by atoms with Crippen LogP contribution in [0.1, 0.15) is 5.56 Å². The molecule has 2 amide bonds. The number of carbonyl (C=O) groups excluding carboxylic acids is 1. The highest BCUT2D eigenvalue weighted by molar-refractivity contribution is 7.71. The van der Waals surface area contributed by atoms with Gasteiger partial charge >= 0.3 is 6.03 Å². The lowest BCUT2D eigenvalue weighted by Crippen LogP contribution is -2.15. The molecule has 0 fully saturated rings. The van der Waals surface area contributed by atoms with E-state index >= 15 is 0 Å². The van der Waals surface area contributed by atoms with Gasteiger partial charge in [0, 0.05) is 0 Å². The third kappa shape index (κ3) is 2.26. The first kappa shape index (κ1) is 10.1. The minimum Gasteiger partial charge on any atom is -0.494 e. The van der Waals surface area contributed by atoms with Crippen LogP contribution in [-0.4, -0.2) is 27.3 Å². The lowest BCUT2D eigenvalue weighted by atomic mass is 10.3. The van der Waals surface area contributed by atoms with Crippen LogP contribution >= 0.6 is 12.2 Å². The molecule has 1 aromatic rings. The van der Waals surface area contributed by atoms with Crippen LogP contribution in [0.25, 0.3) is 0 Å². The Morgan fingerprint density at radius 1 is 1.57 bits per heavy atom. The van der Waals surface area contributed by atoms with Crippen LogP contribution in [-0.2, 0) is 0 Å². The molecular weight excluding hydrogens is 208 g/mol. The topological polar surface area (TPSA) is 124 Å². The van der Waals surface area contributed by atoms with Crippen molar-refractivity contribution in [2.24, 2.45) is 10.7 Å². The largest absolute Gasteiger partial charge is 0.494 e. The number of aromatic nitrogens is 2. The molecule has 0 saturated carbocycles. The zero-order chi connectivity index (χ0) is 10.7. The van der Waals surface area contributed by atoms with Gasteiger partial charge in [-0.25, -0.2) is 9.79 Å². The first-order valence-electron chi connectivity index (χ1n) is 3.40. The molecule has 0 bridgehead atoms. The van der Waals surface area contributed by atoms with E-state index in [1.54, 1.807) is 0 Å². The van der Waals surface area contributed by atoms with E-state index in [4.69, 9.17) is 5.73 Å². The number of nitrogens with two attached hydrogens (primary N) is 1. The second-order valence-corrected chi connectivity index (χ2v) is 2.68. The SMILES string of the molecule is NC(=O)N=Cc1c(O)[nH]c(=S)[nH]c1=O. The van der Waals surface area contributed by atoms with E-state index in [0.717, 1.165) is 6.21 Å². The van der Waals surface area contributed by atoms with E-state index in [9.17, 15) is 14.7 Å². The number of aromatic hydroxyl groups is 1. The summed E-state index contributed by atoms with van der Waals surface area (Å²) < 4.78 is -0.0243. The molecule has 0 aliphatic rings. The lowest BCUT2D eigenvalue weighted by Gasteiger charge is -1.95. The summed E-state index contributed by atoms with van der Waals surface area (Å²) >= 11 is 4.58. The van der Waals surface area contributed by atoms with Gasteiger partial charge in [-0.05, 0) is 12.2 Å². The number of aromatic amines is 2. The Kier molecular flexibility index (Phi) is 2.77. The molecule has 8 heteroatoms. The van der Waals surface area contributed by atoms with Gasteiger partial charge in [-0.3, -0.25) is 9.78 Å². The fourth-order valence-corrected chi connectivity index (χ4v) is 0.921. The molecule has 0 atom stereocenters. The first-order valence-corrected chi connectivity index (χ1v) is 3.80. The van der Waals surface area contributed by atoms with Gasteiger partial charge in [0.2, 0.25) is 5.88 Å². The van der Waals surface area contributed by atoms with Gasteiger partial charge < -0.3 is 15.8 Å². The molecule has 1 rings (SSSR count). The van der Waals surface area contributed by atoms with Crippen molar-refractivity contribution in [3.8, 4) is 5.88 Å². The number of nitrogens with one attached hydrogen (secondary N) is 2. The van der Waals surface area contributed by atoms with Crippen LogP contribution in [0.15, 0.2) is 9.79 Å². The van der Waals surface area contributed by atoms with Gasteiger partial charge in [-0.2, -0.15) is 0 Å². The summed E-state index contributed by atoms with van der Waals surface area (Å²) in [7, 11) is 0. The molecule has 1 aromatic heterocycles. The van der Waals surface area contributed by atoms with Crippen molar-refractivity contribution in [3.63, 3.8) is 0 Å². The fourth-order valence-electron chi connectivity index (χ4n) is 0.732. The van der Waals surface area contributed by atoms with E-state index in [2.05, 4.69) is 27.2 Å². The number of rotatable bonds is 1. The first-order chi connectivity index (χ1) is 6.50. The van der Waals surface area contributed by atoms with Crippen LogP contribution in [0.2, 0.25) is 0 Å². The fraction of sp³-hybridized carbons (Fsp3) is 0. The van der Waals surface area contributed by atoms with Crippen molar-refractivity contribution < 1.29 is 9.90 Å². The van der Waals surface area contributed by atoms with E-state index in [1.165, 1.54) is 0 Å². The molecule has 14 heavy (non-hydrogen) atoms. The molecule has 0 spiro atoms. The highest BCUT2D eigenvalue weighted by Gasteiger charge is 2.04. The van der Waals surface area contributed by atoms with Gasteiger partial charge in [-0.15, -0.1) is 0 Å². The second kappa shape index (κ2) is 3.83. The Morgan fingerprint density at radius 3 is 2.71 bits per heavy atom. The predicted molar refractivity (Wildman–Crippen MR) is 51.1 cm³/mol. The highest BCUT2D eigenvalue weighted by atomic mass is 32.1. The standard InChI is InChI=1S/C6H6N4O3S/c7-5(13)8-1-2-3(11)9-6(14)10-4(2)12/h1H,(H2,7,13)(H3,9,10,11,12,14). The smallest absolute Gasteiger partial charge is 0.338 e. The van der Waals surface area contributed by atoms with Crippen LogP contribution in [0.5, 0.6) is 5.88 Å². The average molecular weight is 214 g/mol. The summed E-state index contributed by atoms with van der Waals surface area (Å²) in [6.07, 6.45) is 0.849. The summed E-state index contributed by atoms with van der Waals surface area (Å²) in [5.74, 6) is -0.469. The number of primary amides is 1. The molecule has 0 unspecified atom stereocenters. The van der Waals surface area contributed by atoms with Crippen LogP contribution in [0.3, 0.4) is 0 Å². The van der Waals surface area contributed by atoms with Crippen molar-refractivity contribution >= 4 is 24.5 Å². The Morgan fingerprint density at radius 2 is 2.21 bits per heavy atom. The van der Waals surface area contributed by atoms with Crippen LogP contribution in [0, 0.1) is 4.77 Å². The maximum atomic E-state index is 11.1. The maximum absolute atomic E-state index is 11.1. The van der Waals surface area contributed by atoms with E-state index in [0.29, 0.717) is 0 Å². The van der Waals surface area contributed by atoms with Crippen LogP contribution < -0.4 is 11.3 Å². The van der Waals surface area contributed by atoms with Gasteiger partial charge in [0.05, 0.1) is 6.21 Å². The van der Waals surface area contributed by atoms with Gasteiger partial charge in [-0.1, -0.05) is 0 Å². The zero-order valence-electron chi connectivity index (χ0n) is 6.77. The Hall–Kier alpha value is -1.96. The van der Waals surface area contributed by atoms with Crippen molar-refractivity contribution in [1.29, 1.82) is 0 Å². The summed E-state index contributed by atoms with van der Waals surface area (Å²) in [5.41, 5.74) is 3.84. The molecule has 5 N–H and O–H groups in total. The van der Waals surface area contributed by atoms with Crippen molar-refractivity contribution in [3.05, 3.63) is 20.7 Å². The minimum atomic E-state index is -0.966. The van der Waals surface area contributed by atoms with Crippen molar-refractivity contribution in [1.82, 2.24) is 9.97 Å². The number of H-pyrrole nitrogens is 2. The summed E-state index contributed by atoms with van der Waals surface area (Å²) in [6.45, 7) is 0. The third-order valence-corrected chi connectivity index (χ3v) is 1.48. The monoisotopic (exact) mass is 214 g/mol. The Balaban J connectivity index is 3.29. The van der Waals surface area contributed by atoms with Crippen LogP contribution in [0.4, 0.5) is 4.79 Å². The maximum Gasteiger partial charge on any atom is 0.338 e. The summed E-state index contributed by atoms with van der Waals surface area (Å²) in [6, 6.07) is -0.966. The Bertz CT molecular complexity index is 501. The molecule has 1 heterocycles. The van der Waals surface area contributed by atoms with Crippen molar-refractivity contribution in [2.75, 3.05) is 0 Å². The molecule has 74 valence electrons. The molecule has 7 nitrogen and oxygen atoms in total. The number of amides is 2. The second-order valence-electron chi connectivity index (χ2n) is 2.27. The zero-order valence-corrected chi connectivity index (χ0v) is 7.59. The number of hydrogen-bond acceptors (Lipinski definition) is 4. The van der Waals surface area contributed by atoms with Gasteiger partial charge in [0.1, 0.15) is 5.56 Å². The summed E-state index contributed by atoms with van der Waals surface area (Å²) in [4.78, 5) is 29.0. The van der Waals surface area contributed by atoms with E-state index in [-0.39, 0.29) is 10.3 Å². The third-order valence-electron chi connectivity index (χ3n) is 1.28. The summed E-state index contributed by atoms with van der Waals surface area (Å²) in [5, 5.41) is 9.20. The lowest BCUT2D eigenvalue weighted by molar-refractivity contribution is 0.257. The van der Waals surface area contributed by atoms with Gasteiger partial charge in [0.15, 0.2) is 4.77 Å². The molecule has 0 aromatic carbocycles. The highest BCUT2D eigenvalue weighted by Crippen LogP contribution is 2.03. The molecule has 0 aliphatic heterocycles. The minimum absolute atomic E-state index is 0.0243. The molecule has 0 aliphatic carbocycles. The molecular formula is C6H6N4O3S. The Labute approximate surface area is 82.3 Å². The molecule has 0 radical (unpaired) electrons. The predicted octanol–water partition coefficient (Wildman–Crippen LogP) is -0.364. The number of carbonyl (C=O) groups is 1. The van der Waals surface area contributed by atoms with E-state index < -0.39 is 17.5 Å². The average Bonchev–Trinajstić information content (AvgIpc) is 2.01. The van der Waals surface area contributed by atoms with Gasteiger partial charge in [0.25, 0.3) is 5.56 Å². The number of hydrogen-bond donors (Lipinski definition) is 4. The quantitative estimate of drug-likeness (QED) is 0.376. The normalized spacial score (nSPS) is 10.6. The molecule has 0 saturated heterocycles. The van der Waals surface area contributed by atoms with E-state index in [1.807, 2.05) is 0 Å². The number of aliphatic imine (C=N–C) groups is 1.